The van der Waals surface area contributed by atoms with E-state index in [0.717, 1.165) is 49.4 Å². The zero-order valence-electron chi connectivity index (χ0n) is 15.2. The summed E-state index contributed by atoms with van der Waals surface area (Å²) in [5.74, 6) is 1.08. The van der Waals surface area contributed by atoms with Crippen molar-refractivity contribution in [3.63, 3.8) is 0 Å². The molecule has 0 unspecified atom stereocenters. The predicted octanol–water partition coefficient (Wildman–Crippen LogP) is 3.45. The van der Waals surface area contributed by atoms with Crippen LogP contribution < -0.4 is 16.0 Å². The van der Waals surface area contributed by atoms with Gasteiger partial charge in [-0.2, -0.15) is 0 Å². The van der Waals surface area contributed by atoms with E-state index in [2.05, 4.69) is 27.5 Å². The van der Waals surface area contributed by atoms with E-state index >= 15 is 0 Å². The monoisotopic (exact) mass is 342 g/mol. The normalized spacial score (nSPS) is 15.5. The number of hydrogen-bond donors (Lipinski definition) is 3. The molecule has 0 aliphatic heterocycles. The van der Waals surface area contributed by atoms with Gasteiger partial charge in [-0.15, -0.1) is 6.58 Å². The molecule has 0 atom stereocenters. The van der Waals surface area contributed by atoms with Crippen LogP contribution in [0.15, 0.2) is 41.9 Å². The second kappa shape index (κ2) is 10.5. The zero-order valence-corrected chi connectivity index (χ0v) is 15.2. The van der Waals surface area contributed by atoms with E-state index < -0.39 is 0 Å². The summed E-state index contributed by atoms with van der Waals surface area (Å²) in [7, 11) is 0. The Morgan fingerprint density at radius 3 is 2.80 bits per heavy atom. The molecule has 5 heteroatoms. The van der Waals surface area contributed by atoms with Crippen LogP contribution in [0.3, 0.4) is 0 Å². The third kappa shape index (κ3) is 6.61. The average Bonchev–Trinajstić information content (AvgIpc) is 2.65. The summed E-state index contributed by atoms with van der Waals surface area (Å²) in [6.45, 7) is 7.77. The second-order valence-electron chi connectivity index (χ2n) is 6.39. The van der Waals surface area contributed by atoms with Gasteiger partial charge in [-0.05, 0) is 37.5 Å². The molecule has 1 amide bonds. The minimum atomic E-state index is 0.154. The number of amides is 1. The topological polar surface area (TPSA) is 65.5 Å². The highest BCUT2D eigenvalue weighted by Crippen LogP contribution is 2.25. The Balaban J connectivity index is 1.95. The molecule has 3 N–H and O–H groups in total. The van der Waals surface area contributed by atoms with Crippen LogP contribution >= 0.6 is 0 Å². The first kappa shape index (κ1) is 19.0. The average molecular weight is 342 g/mol. The van der Waals surface area contributed by atoms with Gasteiger partial charge >= 0.3 is 0 Å². The lowest BCUT2D eigenvalue weighted by atomic mass is 9.88. The molecule has 0 heterocycles. The van der Waals surface area contributed by atoms with Crippen LogP contribution in [0.4, 0.5) is 5.69 Å². The number of nitrogens with one attached hydrogen (secondary N) is 3. The Bertz CT molecular complexity index is 591. The van der Waals surface area contributed by atoms with Gasteiger partial charge in [0.25, 0.3) is 0 Å². The van der Waals surface area contributed by atoms with E-state index in [1.54, 1.807) is 6.08 Å². The molecule has 1 aromatic carbocycles. The maximum Gasteiger partial charge on any atom is 0.227 e. The summed E-state index contributed by atoms with van der Waals surface area (Å²) in [4.78, 5) is 16.9. The van der Waals surface area contributed by atoms with Crippen LogP contribution in [0, 0.1) is 5.92 Å². The largest absolute Gasteiger partial charge is 0.357 e. The van der Waals surface area contributed by atoms with E-state index in [1.807, 2.05) is 31.2 Å². The quantitative estimate of drug-likeness (QED) is 0.404. The van der Waals surface area contributed by atoms with Gasteiger partial charge in [-0.1, -0.05) is 37.5 Å². The predicted molar refractivity (Wildman–Crippen MR) is 105 cm³/mol. The summed E-state index contributed by atoms with van der Waals surface area (Å²) in [6, 6.07) is 7.93. The first-order valence-electron chi connectivity index (χ1n) is 9.25. The number of benzene rings is 1. The highest BCUT2D eigenvalue weighted by Gasteiger charge is 2.20. The number of anilines is 1. The van der Waals surface area contributed by atoms with Crippen molar-refractivity contribution in [2.75, 3.05) is 18.4 Å². The fourth-order valence-electron chi connectivity index (χ4n) is 3.04. The first-order chi connectivity index (χ1) is 12.2. The van der Waals surface area contributed by atoms with E-state index in [0.29, 0.717) is 13.1 Å². The molecule has 0 bridgehead atoms. The Morgan fingerprint density at radius 1 is 1.28 bits per heavy atom. The number of aliphatic imine (C=N–C) groups is 1. The third-order valence-electron chi connectivity index (χ3n) is 4.35. The fraction of sp³-hybridized carbons (Fsp3) is 0.500. The minimum Gasteiger partial charge on any atom is -0.357 e. The van der Waals surface area contributed by atoms with Crippen molar-refractivity contribution in [1.82, 2.24) is 10.6 Å². The van der Waals surface area contributed by atoms with Crippen LogP contribution in [0.25, 0.3) is 0 Å². The molecular formula is C20H30N4O. The molecule has 0 radical (unpaired) electrons. The third-order valence-corrected chi connectivity index (χ3v) is 4.35. The van der Waals surface area contributed by atoms with Gasteiger partial charge in [0.15, 0.2) is 5.96 Å². The molecule has 1 aliphatic rings. The number of rotatable bonds is 7. The molecule has 1 aliphatic carbocycles. The summed E-state index contributed by atoms with van der Waals surface area (Å²) < 4.78 is 0. The Kier molecular flexibility index (Phi) is 8.02. The summed E-state index contributed by atoms with van der Waals surface area (Å²) in [6.07, 6.45) is 7.41. The van der Waals surface area contributed by atoms with Crippen LogP contribution in [0.2, 0.25) is 0 Å². The number of guanidine groups is 1. The van der Waals surface area contributed by atoms with Crippen LogP contribution in [-0.4, -0.2) is 25.0 Å². The molecule has 0 saturated heterocycles. The molecule has 1 aromatic rings. The van der Waals surface area contributed by atoms with Gasteiger partial charge < -0.3 is 16.0 Å². The van der Waals surface area contributed by atoms with Gasteiger partial charge in [-0.25, -0.2) is 4.99 Å². The lowest BCUT2D eigenvalue weighted by Gasteiger charge is -2.20. The molecular weight excluding hydrogens is 312 g/mol. The molecule has 25 heavy (non-hydrogen) atoms. The smallest absolute Gasteiger partial charge is 0.227 e. The lowest BCUT2D eigenvalue weighted by molar-refractivity contribution is -0.120. The Labute approximate surface area is 151 Å². The number of nitrogens with zero attached hydrogens (tertiary/aromatic N) is 1. The number of carbonyl (C=O) groups is 1. The van der Waals surface area contributed by atoms with Crippen molar-refractivity contribution in [2.24, 2.45) is 10.9 Å². The van der Waals surface area contributed by atoms with Gasteiger partial charge in [0.1, 0.15) is 0 Å². The maximum absolute atomic E-state index is 12.4. The van der Waals surface area contributed by atoms with E-state index in [9.17, 15) is 4.79 Å². The number of carbonyl (C=O) groups excluding carboxylic acids is 1. The van der Waals surface area contributed by atoms with E-state index in [4.69, 9.17) is 0 Å². The van der Waals surface area contributed by atoms with Crippen molar-refractivity contribution in [2.45, 2.75) is 45.6 Å². The maximum atomic E-state index is 12.4. The van der Waals surface area contributed by atoms with Crippen molar-refractivity contribution >= 4 is 17.6 Å². The Hall–Kier alpha value is -2.30. The van der Waals surface area contributed by atoms with Crippen LogP contribution in [0.5, 0.6) is 0 Å². The zero-order chi connectivity index (χ0) is 17.9. The molecule has 0 aromatic heterocycles. The summed E-state index contributed by atoms with van der Waals surface area (Å²) >= 11 is 0. The van der Waals surface area contributed by atoms with Gasteiger partial charge in [0.2, 0.25) is 5.91 Å². The van der Waals surface area contributed by atoms with Crippen molar-refractivity contribution in [3.8, 4) is 0 Å². The van der Waals surface area contributed by atoms with Crippen molar-refractivity contribution in [3.05, 3.63) is 42.5 Å². The molecule has 136 valence electrons. The SMILES string of the molecule is C=CCNC(=NCc1cccc(NC(=O)C2CCCCC2)c1)NCC. The van der Waals surface area contributed by atoms with Crippen molar-refractivity contribution in [1.29, 1.82) is 0 Å². The van der Waals surface area contributed by atoms with E-state index in [1.165, 1.54) is 6.42 Å². The standard InChI is InChI=1S/C20H30N4O/c1-3-13-22-20(21-4-2)23-15-16-9-8-12-18(14-16)24-19(25)17-10-6-5-7-11-17/h3,8-9,12,14,17H,1,4-7,10-11,13,15H2,2H3,(H,24,25)(H2,21,22,23). The summed E-state index contributed by atoms with van der Waals surface area (Å²) in [5.41, 5.74) is 1.92. The summed E-state index contributed by atoms with van der Waals surface area (Å²) in [5, 5.41) is 9.45. The lowest BCUT2D eigenvalue weighted by Crippen LogP contribution is -2.37. The molecule has 5 nitrogen and oxygen atoms in total. The van der Waals surface area contributed by atoms with E-state index in [-0.39, 0.29) is 11.8 Å². The first-order valence-corrected chi connectivity index (χ1v) is 9.25. The van der Waals surface area contributed by atoms with Crippen LogP contribution in [-0.2, 0) is 11.3 Å². The Morgan fingerprint density at radius 2 is 2.08 bits per heavy atom. The highest BCUT2D eigenvalue weighted by atomic mass is 16.1. The molecule has 1 fully saturated rings. The number of hydrogen-bond acceptors (Lipinski definition) is 2. The van der Waals surface area contributed by atoms with Gasteiger partial charge in [-0.3, -0.25) is 4.79 Å². The van der Waals surface area contributed by atoms with Crippen LogP contribution in [0.1, 0.15) is 44.6 Å². The fourth-order valence-corrected chi connectivity index (χ4v) is 3.04. The highest BCUT2D eigenvalue weighted by molar-refractivity contribution is 5.92. The van der Waals surface area contributed by atoms with Gasteiger partial charge in [0, 0.05) is 24.7 Å². The second-order valence-corrected chi connectivity index (χ2v) is 6.39. The molecule has 0 spiro atoms. The molecule has 1 saturated carbocycles. The van der Waals surface area contributed by atoms with Gasteiger partial charge in [0.05, 0.1) is 6.54 Å². The minimum absolute atomic E-state index is 0.154. The van der Waals surface area contributed by atoms with Crippen molar-refractivity contribution < 1.29 is 4.79 Å². The molecule has 2 rings (SSSR count).